The molecule has 1 N–H and O–H groups in total. The Morgan fingerprint density at radius 3 is 2.79 bits per heavy atom. The molecule has 0 amide bonds. The molecule has 0 aromatic heterocycles. The predicted octanol–water partition coefficient (Wildman–Crippen LogP) is 2.80. The van der Waals surface area contributed by atoms with E-state index in [-0.39, 0.29) is 6.61 Å². The zero-order valence-electron chi connectivity index (χ0n) is 8.29. The third-order valence-electron chi connectivity index (χ3n) is 1.95. The highest BCUT2D eigenvalue weighted by Crippen LogP contribution is 2.21. The number of ether oxygens (including phenoxy) is 1. The van der Waals surface area contributed by atoms with Crippen LogP contribution in [0.2, 0.25) is 5.02 Å². The van der Waals surface area contributed by atoms with Gasteiger partial charge in [0.15, 0.2) is 0 Å². The Morgan fingerprint density at radius 1 is 1.36 bits per heavy atom. The molecule has 0 aliphatic rings. The summed E-state index contributed by atoms with van der Waals surface area (Å²) in [6.07, 6.45) is 1.66. The maximum absolute atomic E-state index is 8.57. The van der Waals surface area contributed by atoms with Crippen molar-refractivity contribution in [3.05, 3.63) is 28.8 Å². The second-order valence-corrected chi connectivity index (χ2v) is 3.60. The van der Waals surface area contributed by atoms with Crippen LogP contribution in [0.3, 0.4) is 0 Å². The first-order valence-corrected chi connectivity index (χ1v) is 5.11. The summed E-state index contributed by atoms with van der Waals surface area (Å²) in [5, 5.41) is 9.33. The van der Waals surface area contributed by atoms with Crippen molar-refractivity contribution >= 4 is 11.6 Å². The van der Waals surface area contributed by atoms with Crippen LogP contribution in [-0.4, -0.2) is 18.3 Å². The van der Waals surface area contributed by atoms with E-state index >= 15 is 0 Å². The lowest BCUT2D eigenvalue weighted by Crippen LogP contribution is -1.98. The molecular weight excluding hydrogens is 200 g/mol. The van der Waals surface area contributed by atoms with Gasteiger partial charge in [0, 0.05) is 11.6 Å². The molecule has 0 heterocycles. The summed E-state index contributed by atoms with van der Waals surface area (Å²) < 4.78 is 5.47. The second-order valence-electron chi connectivity index (χ2n) is 3.19. The summed E-state index contributed by atoms with van der Waals surface area (Å²) in [5.74, 6) is 0.838. The van der Waals surface area contributed by atoms with E-state index in [2.05, 4.69) is 0 Å². The first-order valence-electron chi connectivity index (χ1n) is 4.74. The highest BCUT2D eigenvalue weighted by Gasteiger charge is 1.97. The lowest BCUT2D eigenvalue weighted by atomic mass is 10.2. The topological polar surface area (TPSA) is 29.5 Å². The van der Waals surface area contributed by atoms with E-state index in [1.165, 1.54) is 0 Å². The van der Waals surface area contributed by atoms with E-state index in [9.17, 15) is 0 Å². The number of halogens is 1. The third kappa shape index (κ3) is 3.56. The third-order valence-corrected chi connectivity index (χ3v) is 2.37. The van der Waals surface area contributed by atoms with E-state index in [0.717, 1.165) is 29.2 Å². The van der Waals surface area contributed by atoms with Crippen molar-refractivity contribution in [2.45, 2.75) is 19.8 Å². The molecule has 0 atom stereocenters. The lowest BCUT2D eigenvalue weighted by molar-refractivity contribution is 0.253. The van der Waals surface area contributed by atoms with E-state index in [1.54, 1.807) is 0 Å². The van der Waals surface area contributed by atoms with Gasteiger partial charge in [-0.15, -0.1) is 0 Å². The largest absolute Gasteiger partial charge is 0.494 e. The van der Waals surface area contributed by atoms with Gasteiger partial charge in [0.25, 0.3) is 0 Å². The molecule has 0 spiro atoms. The summed E-state index contributed by atoms with van der Waals surface area (Å²) in [5.41, 5.74) is 1.02. The van der Waals surface area contributed by atoms with E-state index < -0.39 is 0 Å². The lowest BCUT2D eigenvalue weighted by Gasteiger charge is -2.06. The summed E-state index contributed by atoms with van der Waals surface area (Å²) in [6.45, 7) is 2.81. The van der Waals surface area contributed by atoms with Gasteiger partial charge in [-0.2, -0.15) is 0 Å². The molecule has 0 saturated carbocycles. The van der Waals surface area contributed by atoms with Crippen LogP contribution < -0.4 is 4.74 Å². The molecule has 1 aromatic rings. The quantitative estimate of drug-likeness (QED) is 0.764. The average Bonchev–Trinajstić information content (AvgIpc) is 2.18. The van der Waals surface area contributed by atoms with E-state index in [4.69, 9.17) is 21.4 Å². The van der Waals surface area contributed by atoms with Crippen LogP contribution in [0.4, 0.5) is 0 Å². The number of aliphatic hydroxyl groups excluding tert-OH is 1. The SMILES string of the molecule is Cc1cc(OCCCCO)ccc1Cl. The number of aryl methyl sites for hydroxylation is 1. The molecule has 14 heavy (non-hydrogen) atoms. The Bertz CT molecular complexity index is 287. The van der Waals surface area contributed by atoms with Crippen LogP contribution in [-0.2, 0) is 0 Å². The standard InChI is InChI=1S/C11H15ClO2/c1-9-8-10(4-5-11(9)12)14-7-3-2-6-13/h4-5,8,13H,2-3,6-7H2,1H3. The molecule has 0 aliphatic carbocycles. The van der Waals surface area contributed by atoms with Gasteiger partial charge in [-0.25, -0.2) is 0 Å². The molecule has 2 nitrogen and oxygen atoms in total. The maximum atomic E-state index is 8.57. The Kier molecular flexibility index (Phi) is 4.77. The average molecular weight is 215 g/mol. The molecule has 3 heteroatoms. The van der Waals surface area contributed by atoms with Crippen molar-refractivity contribution in [1.29, 1.82) is 0 Å². The molecule has 0 radical (unpaired) electrons. The summed E-state index contributed by atoms with van der Waals surface area (Å²) in [4.78, 5) is 0. The minimum absolute atomic E-state index is 0.225. The Balaban J connectivity index is 2.39. The fourth-order valence-corrected chi connectivity index (χ4v) is 1.23. The van der Waals surface area contributed by atoms with Crippen molar-refractivity contribution in [2.24, 2.45) is 0 Å². The van der Waals surface area contributed by atoms with E-state index in [1.807, 2.05) is 25.1 Å². The fraction of sp³-hybridized carbons (Fsp3) is 0.455. The predicted molar refractivity (Wildman–Crippen MR) is 58.0 cm³/mol. The molecule has 0 bridgehead atoms. The summed E-state index contributed by atoms with van der Waals surface area (Å²) in [7, 11) is 0. The molecule has 0 fully saturated rings. The van der Waals surface area contributed by atoms with Crippen LogP contribution in [0.15, 0.2) is 18.2 Å². The Hall–Kier alpha value is -0.730. The van der Waals surface area contributed by atoms with Gasteiger partial charge < -0.3 is 9.84 Å². The molecule has 78 valence electrons. The van der Waals surface area contributed by atoms with Gasteiger partial charge in [0.2, 0.25) is 0 Å². The molecule has 0 unspecified atom stereocenters. The monoisotopic (exact) mass is 214 g/mol. The maximum Gasteiger partial charge on any atom is 0.119 e. The fourth-order valence-electron chi connectivity index (χ4n) is 1.11. The van der Waals surface area contributed by atoms with Gasteiger partial charge in [-0.05, 0) is 43.5 Å². The van der Waals surface area contributed by atoms with Gasteiger partial charge in [-0.1, -0.05) is 11.6 Å². The normalized spacial score (nSPS) is 10.2. The van der Waals surface area contributed by atoms with Crippen molar-refractivity contribution in [3.8, 4) is 5.75 Å². The number of aliphatic hydroxyl groups is 1. The molecule has 0 aliphatic heterocycles. The second kappa shape index (κ2) is 5.89. The highest BCUT2D eigenvalue weighted by molar-refractivity contribution is 6.31. The van der Waals surface area contributed by atoms with Crippen molar-refractivity contribution in [1.82, 2.24) is 0 Å². The molecule has 1 aromatic carbocycles. The van der Waals surface area contributed by atoms with Crippen LogP contribution in [0.1, 0.15) is 18.4 Å². The molecular formula is C11H15ClO2. The van der Waals surface area contributed by atoms with Gasteiger partial charge >= 0.3 is 0 Å². The number of rotatable bonds is 5. The number of hydrogen-bond acceptors (Lipinski definition) is 2. The number of unbranched alkanes of at least 4 members (excludes halogenated alkanes) is 1. The molecule has 1 rings (SSSR count). The minimum atomic E-state index is 0.225. The minimum Gasteiger partial charge on any atom is -0.494 e. The van der Waals surface area contributed by atoms with Crippen LogP contribution in [0.5, 0.6) is 5.75 Å². The van der Waals surface area contributed by atoms with Crippen molar-refractivity contribution in [3.63, 3.8) is 0 Å². The van der Waals surface area contributed by atoms with Crippen molar-refractivity contribution in [2.75, 3.05) is 13.2 Å². The Morgan fingerprint density at radius 2 is 2.14 bits per heavy atom. The van der Waals surface area contributed by atoms with Crippen LogP contribution >= 0.6 is 11.6 Å². The summed E-state index contributed by atoms with van der Waals surface area (Å²) in [6, 6.07) is 5.60. The zero-order chi connectivity index (χ0) is 10.4. The number of hydrogen-bond donors (Lipinski definition) is 1. The van der Waals surface area contributed by atoms with Gasteiger partial charge in [-0.3, -0.25) is 0 Å². The Labute approximate surface area is 89.5 Å². The van der Waals surface area contributed by atoms with Crippen LogP contribution in [0.25, 0.3) is 0 Å². The van der Waals surface area contributed by atoms with Crippen molar-refractivity contribution < 1.29 is 9.84 Å². The zero-order valence-corrected chi connectivity index (χ0v) is 9.05. The van der Waals surface area contributed by atoms with Crippen LogP contribution in [0, 0.1) is 6.92 Å². The number of benzene rings is 1. The smallest absolute Gasteiger partial charge is 0.119 e. The highest BCUT2D eigenvalue weighted by atomic mass is 35.5. The first-order chi connectivity index (χ1) is 6.74. The van der Waals surface area contributed by atoms with Gasteiger partial charge in [0.1, 0.15) is 5.75 Å². The first kappa shape index (κ1) is 11.3. The molecule has 0 saturated heterocycles. The van der Waals surface area contributed by atoms with E-state index in [0.29, 0.717) is 6.61 Å². The summed E-state index contributed by atoms with van der Waals surface area (Å²) >= 11 is 5.88. The van der Waals surface area contributed by atoms with Gasteiger partial charge in [0.05, 0.1) is 6.61 Å².